The first-order valence-electron chi connectivity index (χ1n) is 5.95. The molecular formula is C12H13ClFN3O. The lowest BCUT2D eigenvalue weighted by Gasteiger charge is -2.16. The fourth-order valence-electron chi connectivity index (χ4n) is 2.08. The Balaban J connectivity index is 1.96. The van der Waals surface area contributed by atoms with Crippen LogP contribution in [0, 0.1) is 5.82 Å². The number of fused-ring (bicyclic) bond motifs is 1. The summed E-state index contributed by atoms with van der Waals surface area (Å²) in [7, 11) is 0. The van der Waals surface area contributed by atoms with E-state index in [9.17, 15) is 4.39 Å². The molecule has 2 aromatic rings. The highest BCUT2D eigenvalue weighted by atomic mass is 35.5. The molecule has 1 N–H and O–H groups in total. The summed E-state index contributed by atoms with van der Waals surface area (Å²) in [5, 5.41) is 3.36. The summed E-state index contributed by atoms with van der Waals surface area (Å²) in [4.78, 5) is 6.37. The molecule has 1 aliphatic heterocycles. The average molecular weight is 270 g/mol. The molecule has 0 unspecified atom stereocenters. The Labute approximate surface area is 109 Å². The van der Waals surface area contributed by atoms with Crippen molar-refractivity contribution in [2.24, 2.45) is 0 Å². The van der Waals surface area contributed by atoms with Gasteiger partial charge < -0.3 is 14.6 Å². The second-order valence-corrected chi connectivity index (χ2v) is 4.73. The molecule has 1 aromatic carbocycles. The van der Waals surface area contributed by atoms with Crippen LogP contribution in [0.3, 0.4) is 0 Å². The quantitative estimate of drug-likeness (QED) is 0.863. The number of benzene rings is 1. The van der Waals surface area contributed by atoms with Crippen LogP contribution in [0.1, 0.15) is 6.42 Å². The van der Waals surface area contributed by atoms with Gasteiger partial charge in [0.2, 0.25) is 0 Å². The van der Waals surface area contributed by atoms with Gasteiger partial charge >= 0.3 is 0 Å². The van der Waals surface area contributed by atoms with Crippen molar-refractivity contribution in [1.29, 1.82) is 0 Å². The first-order chi connectivity index (χ1) is 8.74. The van der Waals surface area contributed by atoms with Gasteiger partial charge in [-0.2, -0.15) is 4.98 Å². The van der Waals surface area contributed by atoms with Gasteiger partial charge in [0, 0.05) is 31.8 Å². The van der Waals surface area contributed by atoms with E-state index in [1.54, 1.807) is 0 Å². The molecule has 2 heterocycles. The van der Waals surface area contributed by atoms with Crippen molar-refractivity contribution in [3.8, 4) is 0 Å². The largest absolute Gasteiger partial charge is 0.423 e. The number of hydrogen-bond acceptors (Lipinski definition) is 4. The maximum Gasteiger partial charge on any atom is 0.298 e. The highest BCUT2D eigenvalue weighted by molar-refractivity contribution is 6.31. The Morgan fingerprint density at radius 3 is 3.11 bits per heavy atom. The summed E-state index contributed by atoms with van der Waals surface area (Å²) in [5.74, 6) is -0.471. The van der Waals surface area contributed by atoms with Gasteiger partial charge in [-0.1, -0.05) is 11.6 Å². The van der Waals surface area contributed by atoms with Gasteiger partial charge in [-0.25, -0.2) is 4.39 Å². The zero-order valence-corrected chi connectivity index (χ0v) is 10.5. The van der Waals surface area contributed by atoms with Crippen molar-refractivity contribution >= 4 is 28.7 Å². The van der Waals surface area contributed by atoms with E-state index >= 15 is 0 Å². The molecular weight excluding hydrogens is 257 g/mol. The van der Waals surface area contributed by atoms with Crippen LogP contribution >= 0.6 is 11.6 Å². The molecule has 18 heavy (non-hydrogen) atoms. The molecule has 0 saturated carbocycles. The molecule has 4 nitrogen and oxygen atoms in total. The van der Waals surface area contributed by atoms with Crippen LogP contribution in [0.25, 0.3) is 11.1 Å². The van der Waals surface area contributed by atoms with E-state index in [1.807, 2.05) is 0 Å². The van der Waals surface area contributed by atoms with Crippen LogP contribution in [-0.4, -0.2) is 31.2 Å². The van der Waals surface area contributed by atoms with Gasteiger partial charge in [0.15, 0.2) is 5.58 Å². The van der Waals surface area contributed by atoms with E-state index in [-0.39, 0.29) is 5.02 Å². The van der Waals surface area contributed by atoms with Crippen LogP contribution in [-0.2, 0) is 0 Å². The number of hydrogen-bond donors (Lipinski definition) is 1. The lowest BCUT2D eigenvalue weighted by Crippen LogP contribution is -2.27. The summed E-state index contributed by atoms with van der Waals surface area (Å²) in [5.41, 5.74) is 1.03. The lowest BCUT2D eigenvalue weighted by molar-refractivity contribution is 0.570. The van der Waals surface area contributed by atoms with Gasteiger partial charge in [0.1, 0.15) is 11.3 Å². The highest BCUT2D eigenvalue weighted by Crippen LogP contribution is 2.27. The number of halogens is 2. The molecule has 1 fully saturated rings. The molecule has 3 rings (SSSR count). The van der Waals surface area contributed by atoms with E-state index in [4.69, 9.17) is 16.0 Å². The van der Waals surface area contributed by atoms with Crippen LogP contribution in [0.15, 0.2) is 16.5 Å². The molecule has 0 aliphatic carbocycles. The third-order valence-corrected chi connectivity index (χ3v) is 3.32. The summed E-state index contributed by atoms with van der Waals surface area (Å²) < 4.78 is 19.0. The molecule has 0 spiro atoms. The molecule has 0 atom stereocenters. The standard InChI is InChI=1S/C12H13ClFN3O/c13-8-6-11-10(7-9(8)14)16-12(18-11)17-4-1-2-15-3-5-17/h6-7,15H,1-5H2. The van der Waals surface area contributed by atoms with Crippen LogP contribution in [0.4, 0.5) is 10.4 Å². The monoisotopic (exact) mass is 269 g/mol. The van der Waals surface area contributed by atoms with Gasteiger partial charge in [0.05, 0.1) is 5.02 Å². The van der Waals surface area contributed by atoms with E-state index in [0.717, 1.165) is 32.6 Å². The fourth-order valence-corrected chi connectivity index (χ4v) is 2.24. The van der Waals surface area contributed by atoms with Crippen molar-refractivity contribution < 1.29 is 8.81 Å². The lowest BCUT2D eigenvalue weighted by atomic mass is 10.3. The molecule has 0 amide bonds. The number of rotatable bonds is 1. The Kier molecular flexibility index (Phi) is 3.09. The topological polar surface area (TPSA) is 41.3 Å². The molecule has 1 aliphatic rings. The Hall–Kier alpha value is -1.33. The van der Waals surface area contributed by atoms with Gasteiger partial charge in [-0.15, -0.1) is 0 Å². The molecule has 0 bridgehead atoms. The molecule has 1 aromatic heterocycles. The molecule has 96 valence electrons. The van der Waals surface area contributed by atoms with Crippen molar-refractivity contribution in [3.63, 3.8) is 0 Å². The SMILES string of the molecule is Fc1cc2nc(N3CCCNCC3)oc2cc1Cl. The molecule has 0 radical (unpaired) electrons. The molecule has 6 heteroatoms. The number of nitrogens with one attached hydrogen (secondary N) is 1. The first kappa shape index (κ1) is 11.7. The Morgan fingerprint density at radius 2 is 2.22 bits per heavy atom. The smallest absolute Gasteiger partial charge is 0.298 e. The third kappa shape index (κ3) is 2.15. The molecule has 1 saturated heterocycles. The third-order valence-electron chi connectivity index (χ3n) is 3.03. The van der Waals surface area contributed by atoms with Gasteiger partial charge in [0.25, 0.3) is 6.01 Å². The Bertz CT molecular complexity index is 525. The summed E-state index contributed by atoms with van der Waals surface area (Å²) in [6.07, 6.45) is 1.04. The predicted molar refractivity (Wildman–Crippen MR) is 68.7 cm³/mol. The van der Waals surface area contributed by atoms with Crippen molar-refractivity contribution in [2.75, 3.05) is 31.1 Å². The van der Waals surface area contributed by atoms with Crippen molar-refractivity contribution in [3.05, 3.63) is 23.0 Å². The number of aromatic nitrogens is 1. The zero-order valence-electron chi connectivity index (χ0n) is 9.75. The second kappa shape index (κ2) is 4.74. The van der Waals surface area contributed by atoms with E-state index < -0.39 is 5.82 Å². The normalized spacial score (nSPS) is 17.1. The predicted octanol–water partition coefficient (Wildman–Crippen LogP) is 2.42. The minimum atomic E-state index is -0.471. The minimum Gasteiger partial charge on any atom is -0.423 e. The van der Waals surface area contributed by atoms with E-state index in [1.165, 1.54) is 12.1 Å². The Morgan fingerprint density at radius 1 is 1.33 bits per heavy atom. The first-order valence-corrected chi connectivity index (χ1v) is 6.33. The van der Waals surface area contributed by atoms with Crippen molar-refractivity contribution in [2.45, 2.75) is 6.42 Å². The van der Waals surface area contributed by atoms with Gasteiger partial charge in [-0.3, -0.25) is 0 Å². The average Bonchev–Trinajstić information content (AvgIpc) is 2.60. The summed E-state index contributed by atoms with van der Waals surface area (Å²) >= 11 is 5.72. The maximum absolute atomic E-state index is 13.3. The van der Waals surface area contributed by atoms with Crippen LogP contribution in [0.2, 0.25) is 5.02 Å². The zero-order chi connectivity index (χ0) is 12.5. The maximum atomic E-state index is 13.3. The van der Waals surface area contributed by atoms with E-state index in [0.29, 0.717) is 17.1 Å². The van der Waals surface area contributed by atoms with Crippen LogP contribution in [0.5, 0.6) is 0 Å². The second-order valence-electron chi connectivity index (χ2n) is 4.32. The van der Waals surface area contributed by atoms with E-state index in [2.05, 4.69) is 15.2 Å². The number of anilines is 1. The summed E-state index contributed by atoms with van der Waals surface area (Å²) in [6, 6.07) is 3.31. The highest BCUT2D eigenvalue weighted by Gasteiger charge is 2.16. The summed E-state index contributed by atoms with van der Waals surface area (Å²) in [6.45, 7) is 3.62. The minimum absolute atomic E-state index is 0.0581. The van der Waals surface area contributed by atoms with Crippen LogP contribution < -0.4 is 10.2 Å². The number of nitrogens with zero attached hydrogens (tertiary/aromatic N) is 2. The van der Waals surface area contributed by atoms with Crippen molar-refractivity contribution in [1.82, 2.24) is 10.3 Å². The van der Waals surface area contributed by atoms with Gasteiger partial charge in [-0.05, 0) is 13.0 Å². The number of oxazole rings is 1. The fraction of sp³-hybridized carbons (Fsp3) is 0.417.